The largest absolute Gasteiger partial charge is 0.392 e. The summed E-state index contributed by atoms with van der Waals surface area (Å²) in [5.41, 5.74) is 1.42. The first kappa shape index (κ1) is 15.0. The van der Waals surface area contributed by atoms with E-state index < -0.39 is 0 Å². The van der Waals surface area contributed by atoms with Gasteiger partial charge in [0.15, 0.2) is 0 Å². The van der Waals surface area contributed by atoms with E-state index >= 15 is 0 Å². The van der Waals surface area contributed by atoms with Crippen molar-refractivity contribution >= 4 is 0 Å². The number of nitrogens with one attached hydrogen (secondary N) is 1. The second-order valence-corrected chi connectivity index (χ2v) is 6.90. The molecule has 3 rings (SSSR count). The molecule has 0 bridgehead atoms. The number of aliphatic hydroxyl groups is 1. The van der Waals surface area contributed by atoms with E-state index in [1.165, 1.54) is 37.9 Å². The smallest absolute Gasteiger partial charge is 0.0636 e. The Bertz CT molecular complexity index is 434. The van der Waals surface area contributed by atoms with Gasteiger partial charge in [0.2, 0.25) is 0 Å². The summed E-state index contributed by atoms with van der Waals surface area (Å²) in [5, 5.41) is 13.1. The standard InChI is InChI=1S/C18H28N2O/c1-14(21)10-19-18-9-5-8-16-12-20(13-17(16)18)11-15-6-3-2-4-7-15/h2-4,6-7,14,16-19,21H,5,8-13H2,1H3/t14-,16-,17+,18+/m0/s1. The zero-order valence-corrected chi connectivity index (χ0v) is 13.0. The number of hydrogen-bond acceptors (Lipinski definition) is 3. The molecule has 0 aromatic heterocycles. The first-order valence-electron chi connectivity index (χ1n) is 8.40. The molecule has 1 saturated carbocycles. The second-order valence-electron chi connectivity index (χ2n) is 6.90. The Morgan fingerprint density at radius 3 is 2.81 bits per heavy atom. The Labute approximate surface area is 128 Å². The van der Waals surface area contributed by atoms with E-state index in [1.807, 2.05) is 6.92 Å². The molecule has 0 unspecified atom stereocenters. The lowest BCUT2D eigenvalue weighted by Gasteiger charge is -2.34. The predicted octanol–water partition coefficient (Wildman–Crippen LogP) is 2.26. The summed E-state index contributed by atoms with van der Waals surface area (Å²) in [4.78, 5) is 2.62. The molecule has 3 nitrogen and oxygen atoms in total. The van der Waals surface area contributed by atoms with Crippen LogP contribution in [-0.2, 0) is 6.54 Å². The van der Waals surface area contributed by atoms with Gasteiger partial charge in [-0.3, -0.25) is 4.90 Å². The first-order valence-corrected chi connectivity index (χ1v) is 8.40. The van der Waals surface area contributed by atoms with Crippen molar-refractivity contribution < 1.29 is 5.11 Å². The van der Waals surface area contributed by atoms with E-state index in [-0.39, 0.29) is 6.10 Å². The molecule has 1 aromatic rings. The quantitative estimate of drug-likeness (QED) is 0.872. The van der Waals surface area contributed by atoms with Crippen LogP contribution in [0.25, 0.3) is 0 Å². The monoisotopic (exact) mass is 288 g/mol. The molecular weight excluding hydrogens is 260 g/mol. The highest BCUT2D eigenvalue weighted by Gasteiger charge is 2.39. The fraction of sp³-hybridized carbons (Fsp3) is 0.667. The predicted molar refractivity (Wildman–Crippen MR) is 86.0 cm³/mol. The van der Waals surface area contributed by atoms with E-state index in [4.69, 9.17) is 0 Å². The maximum atomic E-state index is 9.50. The lowest BCUT2D eigenvalue weighted by Crippen LogP contribution is -2.44. The number of hydrogen-bond donors (Lipinski definition) is 2. The van der Waals surface area contributed by atoms with Gasteiger partial charge in [-0.25, -0.2) is 0 Å². The first-order chi connectivity index (χ1) is 10.2. The Kier molecular flexibility index (Phi) is 4.94. The van der Waals surface area contributed by atoms with Gasteiger partial charge in [-0.15, -0.1) is 0 Å². The minimum absolute atomic E-state index is 0.243. The normalized spacial score (nSPS) is 31.0. The summed E-state index contributed by atoms with van der Waals surface area (Å²) in [7, 11) is 0. The summed E-state index contributed by atoms with van der Waals surface area (Å²) in [6.45, 7) is 6.12. The van der Waals surface area contributed by atoms with E-state index in [9.17, 15) is 5.11 Å². The molecule has 2 N–H and O–H groups in total. The summed E-state index contributed by atoms with van der Waals surface area (Å²) < 4.78 is 0. The van der Waals surface area contributed by atoms with E-state index in [1.54, 1.807) is 0 Å². The van der Waals surface area contributed by atoms with Gasteiger partial charge in [-0.2, -0.15) is 0 Å². The third-order valence-electron chi connectivity index (χ3n) is 5.10. The van der Waals surface area contributed by atoms with Crippen LogP contribution in [0.15, 0.2) is 30.3 Å². The van der Waals surface area contributed by atoms with Crippen molar-refractivity contribution in [2.24, 2.45) is 11.8 Å². The fourth-order valence-electron chi connectivity index (χ4n) is 4.11. The summed E-state index contributed by atoms with van der Waals surface area (Å²) in [6.07, 6.45) is 3.74. The van der Waals surface area contributed by atoms with Crippen LogP contribution in [0.2, 0.25) is 0 Å². The molecule has 0 spiro atoms. The van der Waals surface area contributed by atoms with E-state index in [0.717, 1.165) is 24.9 Å². The summed E-state index contributed by atoms with van der Waals surface area (Å²) >= 11 is 0. The molecule has 2 fully saturated rings. The number of fused-ring (bicyclic) bond motifs is 1. The molecule has 0 radical (unpaired) electrons. The van der Waals surface area contributed by atoms with Crippen molar-refractivity contribution in [2.75, 3.05) is 19.6 Å². The van der Waals surface area contributed by atoms with Crippen LogP contribution < -0.4 is 5.32 Å². The molecule has 1 aliphatic heterocycles. The van der Waals surface area contributed by atoms with Gasteiger partial charge < -0.3 is 10.4 Å². The van der Waals surface area contributed by atoms with Crippen molar-refractivity contribution in [1.82, 2.24) is 10.2 Å². The third-order valence-corrected chi connectivity index (χ3v) is 5.10. The molecule has 1 heterocycles. The van der Waals surface area contributed by atoms with Crippen LogP contribution in [0, 0.1) is 11.8 Å². The van der Waals surface area contributed by atoms with Crippen molar-refractivity contribution in [3.8, 4) is 0 Å². The maximum Gasteiger partial charge on any atom is 0.0636 e. The van der Waals surface area contributed by atoms with Crippen molar-refractivity contribution in [3.63, 3.8) is 0 Å². The zero-order chi connectivity index (χ0) is 14.7. The molecule has 1 aromatic carbocycles. The SMILES string of the molecule is C[C@H](O)CN[C@@H]1CCC[C@H]2CN(Cc3ccccc3)C[C@H]21. The molecule has 116 valence electrons. The van der Waals surface area contributed by atoms with Crippen molar-refractivity contribution in [1.29, 1.82) is 0 Å². The number of benzene rings is 1. The lowest BCUT2D eigenvalue weighted by atomic mass is 9.78. The minimum atomic E-state index is -0.243. The Morgan fingerprint density at radius 1 is 1.24 bits per heavy atom. The van der Waals surface area contributed by atoms with Crippen LogP contribution in [0.1, 0.15) is 31.7 Å². The Hall–Kier alpha value is -0.900. The fourth-order valence-corrected chi connectivity index (χ4v) is 4.11. The number of aliphatic hydroxyl groups excluding tert-OH is 1. The van der Waals surface area contributed by atoms with E-state index in [0.29, 0.717) is 6.04 Å². The molecule has 1 aliphatic carbocycles. The van der Waals surface area contributed by atoms with Crippen LogP contribution in [0.4, 0.5) is 0 Å². The topological polar surface area (TPSA) is 35.5 Å². The van der Waals surface area contributed by atoms with Crippen LogP contribution in [-0.4, -0.2) is 41.8 Å². The van der Waals surface area contributed by atoms with E-state index in [2.05, 4.69) is 40.5 Å². The minimum Gasteiger partial charge on any atom is -0.392 e. The summed E-state index contributed by atoms with van der Waals surface area (Å²) in [5.74, 6) is 1.61. The van der Waals surface area contributed by atoms with Crippen molar-refractivity contribution in [2.45, 2.75) is 44.9 Å². The molecule has 1 saturated heterocycles. The Morgan fingerprint density at radius 2 is 2.05 bits per heavy atom. The maximum absolute atomic E-state index is 9.50. The third kappa shape index (κ3) is 3.85. The number of nitrogens with zero attached hydrogens (tertiary/aromatic N) is 1. The molecule has 3 heteroatoms. The van der Waals surface area contributed by atoms with Gasteiger partial charge >= 0.3 is 0 Å². The zero-order valence-electron chi connectivity index (χ0n) is 13.0. The van der Waals surface area contributed by atoms with Gasteiger partial charge in [0.25, 0.3) is 0 Å². The molecule has 4 atom stereocenters. The lowest BCUT2D eigenvalue weighted by molar-refractivity contribution is 0.160. The highest BCUT2D eigenvalue weighted by Crippen LogP contribution is 2.36. The molecule has 0 amide bonds. The van der Waals surface area contributed by atoms with Gasteiger partial charge in [-0.05, 0) is 37.2 Å². The number of rotatable bonds is 5. The second kappa shape index (κ2) is 6.91. The van der Waals surface area contributed by atoms with Gasteiger partial charge in [0.05, 0.1) is 6.10 Å². The molecular formula is C18H28N2O. The van der Waals surface area contributed by atoms with Gasteiger partial charge in [0, 0.05) is 32.2 Å². The highest BCUT2D eigenvalue weighted by atomic mass is 16.3. The average Bonchev–Trinajstić information content (AvgIpc) is 2.89. The summed E-state index contributed by atoms with van der Waals surface area (Å²) in [6, 6.07) is 11.4. The van der Waals surface area contributed by atoms with Gasteiger partial charge in [-0.1, -0.05) is 36.8 Å². The molecule has 2 aliphatic rings. The van der Waals surface area contributed by atoms with Crippen molar-refractivity contribution in [3.05, 3.63) is 35.9 Å². The molecule has 21 heavy (non-hydrogen) atoms. The highest BCUT2D eigenvalue weighted by molar-refractivity contribution is 5.15. The van der Waals surface area contributed by atoms with Crippen LogP contribution in [0.3, 0.4) is 0 Å². The number of likely N-dealkylation sites (tertiary alicyclic amines) is 1. The van der Waals surface area contributed by atoms with Gasteiger partial charge in [0.1, 0.15) is 0 Å². The van der Waals surface area contributed by atoms with Crippen LogP contribution >= 0.6 is 0 Å². The van der Waals surface area contributed by atoms with Crippen LogP contribution in [0.5, 0.6) is 0 Å². The average molecular weight is 288 g/mol. The Balaban J connectivity index is 1.57.